The van der Waals surface area contributed by atoms with Crippen molar-refractivity contribution in [2.45, 2.75) is 32.5 Å². The molecule has 6 nitrogen and oxygen atoms in total. The summed E-state index contributed by atoms with van der Waals surface area (Å²) in [4.78, 5) is 17.3. The lowest BCUT2D eigenvalue weighted by Crippen LogP contribution is -2.40. The number of carbonyl (C=O) groups is 1. The minimum atomic E-state index is -4.67. The molecule has 0 saturated heterocycles. The fourth-order valence-electron chi connectivity index (χ4n) is 2.48. The van der Waals surface area contributed by atoms with Crippen LogP contribution in [0.4, 0.5) is 18.0 Å². The molecule has 1 aliphatic carbocycles. The summed E-state index contributed by atoms with van der Waals surface area (Å²) in [5.41, 5.74) is 1.23. The molecule has 0 spiro atoms. The van der Waals surface area contributed by atoms with Crippen molar-refractivity contribution in [2.24, 2.45) is 5.92 Å². The van der Waals surface area contributed by atoms with Gasteiger partial charge >= 0.3 is 18.1 Å². The second-order valence-corrected chi connectivity index (χ2v) is 6.26. The number of hydrogen-bond acceptors (Lipinski definition) is 4. The zero-order valence-electron chi connectivity index (χ0n) is 14.2. The molecule has 3 rings (SSSR count). The average molecular weight is 368 g/mol. The maximum Gasteiger partial charge on any atom is 0.471 e. The predicted octanol–water partition coefficient (Wildman–Crippen LogP) is 3.70. The van der Waals surface area contributed by atoms with Crippen LogP contribution in [0, 0.1) is 5.92 Å². The molecule has 1 heterocycles. The number of rotatable bonds is 6. The van der Waals surface area contributed by atoms with Gasteiger partial charge in [0.2, 0.25) is 5.82 Å². The first-order valence-electron chi connectivity index (χ1n) is 8.39. The van der Waals surface area contributed by atoms with Crippen LogP contribution in [0.2, 0.25) is 0 Å². The Bertz CT molecular complexity index is 754. The number of amides is 2. The normalized spacial score (nSPS) is 14.3. The van der Waals surface area contributed by atoms with Crippen molar-refractivity contribution in [3.05, 3.63) is 35.7 Å². The van der Waals surface area contributed by atoms with E-state index in [4.69, 9.17) is 0 Å². The van der Waals surface area contributed by atoms with Crippen molar-refractivity contribution >= 4 is 6.03 Å². The van der Waals surface area contributed by atoms with Crippen LogP contribution in [0.25, 0.3) is 11.4 Å². The molecule has 0 radical (unpaired) electrons. The summed E-state index contributed by atoms with van der Waals surface area (Å²) in [6.45, 7) is 3.71. The van der Waals surface area contributed by atoms with Gasteiger partial charge in [-0.25, -0.2) is 4.79 Å². The van der Waals surface area contributed by atoms with E-state index in [0.717, 1.165) is 12.1 Å². The maximum absolute atomic E-state index is 12.5. The van der Waals surface area contributed by atoms with Crippen LogP contribution >= 0.6 is 0 Å². The lowest BCUT2D eigenvalue weighted by molar-refractivity contribution is -0.159. The molecule has 1 aliphatic rings. The van der Waals surface area contributed by atoms with Gasteiger partial charge in [0.1, 0.15) is 0 Å². The Labute approximate surface area is 148 Å². The molecule has 2 amide bonds. The SMILES string of the molecule is CCN(CC1CC1)C(=O)NCc1ccc(-c2noc(C(F)(F)F)n2)cc1. The van der Waals surface area contributed by atoms with Gasteiger partial charge in [0.15, 0.2) is 0 Å². The molecule has 0 bridgehead atoms. The summed E-state index contributed by atoms with van der Waals surface area (Å²) in [6.07, 6.45) is -2.31. The van der Waals surface area contributed by atoms with E-state index in [-0.39, 0.29) is 11.9 Å². The molecule has 1 N–H and O–H groups in total. The highest BCUT2D eigenvalue weighted by Crippen LogP contribution is 2.30. The fourth-order valence-corrected chi connectivity index (χ4v) is 2.48. The molecular weight excluding hydrogens is 349 g/mol. The molecule has 0 unspecified atom stereocenters. The molecule has 9 heteroatoms. The van der Waals surface area contributed by atoms with E-state index < -0.39 is 12.1 Å². The summed E-state index contributed by atoms with van der Waals surface area (Å²) >= 11 is 0. The number of halogens is 3. The van der Waals surface area contributed by atoms with E-state index in [2.05, 4.69) is 20.0 Å². The smallest absolute Gasteiger partial charge is 0.334 e. The second-order valence-electron chi connectivity index (χ2n) is 6.26. The van der Waals surface area contributed by atoms with Crippen LogP contribution in [0.5, 0.6) is 0 Å². The lowest BCUT2D eigenvalue weighted by Gasteiger charge is -2.21. The van der Waals surface area contributed by atoms with E-state index in [1.165, 1.54) is 12.8 Å². The number of nitrogens with zero attached hydrogens (tertiary/aromatic N) is 3. The molecule has 1 saturated carbocycles. The third-order valence-electron chi connectivity index (χ3n) is 4.17. The number of urea groups is 1. The van der Waals surface area contributed by atoms with Gasteiger partial charge in [-0.05, 0) is 31.2 Å². The van der Waals surface area contributed by atoms with Crippen LogP contribution < -0.4 is 5.32 Å². The number of alkyl halides is 3. The molecule has 1 aromatic heterocycles. The molecule has 140 valence electrons. The van der Waals surface area contributed by atoms with Crippen LogP contribution in [-0.4, -0.2) is 34.2 Å². The Morgan fingerprint density at radius 2 is 2.00 bits per heavy atom. The number of carbonyl (C=O) groups excluding carboxylic acids is 1. The molecule has 0 aliphatic heterocycles. The Morgan fingerprint density at radius 1 is 1.31 bits per heavy atom. The van der Waals surface area contributed by atoms with Gasteiger partial charge in [0, 0.05) is 25.2 Å². The van der Waals surface area contributed by atoms with Crippen LogP contribution in [0.15, 0.2) is 28.8 Å². The number of nitrogens with one attached hydrogen (secondary N) is 1. The zero-order valence-corrected chi connectivity index (χ0v) is 14.2. The van der Waals surface area contributed by atoms with Crippen molar-refractivity contribution < 1.29 is 22.5 Å². The van der Waals surface area contributed by atoms with Crippen molar-refractivity contribution in [3.63, 3.8) is 0 Å². The van der Waals surface area contributed by atoms with E-state index in [1.54, 1.807) is 29.2 Å². The van der Waals surface area contributed by atoms with Gasteiger partial charge in [0.05, 0.1) is 0 Å². The fraction of sp³-hybridized carbons (Fsp3) is 0.471. The van der Waals surface area contributed by atoms with Gasteiger partial charge < -0.3 is 14.7 Å². The number of aromatic nitrogens is 2. The number of benzene rings is 1. The minimum Gasteiger partial charge on any atom is -0.334 e. The van der Waals surface area contributed by atoms with E-state index in [1.807, 2.05) is 6.92 Å². The van der Waals surface area contributed by atoms with Crippen molar-refractivity contribution in [1.29, 1.82) is 0 Å². The third-order valence-corrected chi connectivity index (χ3v) is 4.17. The first-order chi connectivity index (χ1) is 12.4. The topological polar surface area (TPSA) is 71.3 Å². The second kappa shape index (κ2) is 7.35. The quantitative estimate of drug-likeness (QED) is 0.844. The molecule has 1 aromatic carbocycles. The van der Waals surface area contributed by atoms with Crippen LogP contribution in [0.3, 0.4) is 0 Å². The first kappa shape index (κ1) is 18.2. The first-order valence-corrected chi connectivity index (χ1v) is 8.39. The van der Waals surface area contributed by atoms with Gasteiger partial charge in [0.25, 0.3) is 0 Å². The average Bonchev–Trinajstić information content (AvgIpc) is 3.28. The van der Waals surface area contributed by atoms with Gasteiger partial charge in [-0.1, -0.05) is 29.4 Å². The highest BCUT2D eigenvalue weighted by molar-refractivity contribution is 5.74. The Morgan fingerprint density at radius 3 is 2.54 bits per heavy atom. The lowest BCUT2D eigenvalue weighted by atomic mass is 10.1. The minimum absolute atomic E-state index is 0.114. The number of hydrogen-bond donors (Lipinski definition) is 1. The Balaban J connectivity index is 1.57. The molecular formula is C17H19F3N4O2. The maximum atomic E-state index is 12.5. The van der Waals surface area contributed by atoms with Crippen molar-refractivity contribution in [2.75, 3.05) is 13.1 Å². The Hall–Kier alpha value is -2.58. The van der Waals surface area contributed by atoms with Crippen LogP contribution in [-0.2, 0) is 12.7 Å². The summed E-state index contributed by atoms with van der Waals surface area (Å²) < 4.78 is 41.7. The summed E-state index contributed by atoms with van der Waals surface area (Å²) in [5, 5.41) is 6.20. The largest absolute Gasteiger partial charge is 0.471 e. The van der Waals surface area contributed by atoms with Gasteiger partial charge in [-0.2, -0.15) is 18.2 Å². The summed E-state index contributed by atoms with van der Waals surface area (Å²) in [7, 11) is 0. The predicted molar refractivity (Wildman–Crippen MR) is 86.9 cm³/mol. The zero-order chi connectivity index (χ0) is 18.7. The molecule has 2 aromatic rings. The van der Waals surface area contributed by atoms with E-state index in [9.17, 15) is 18.0 Å². The van der Waals surface area contributed by atoms with E-state index >= 15 is 0 Å². The summed E-state index contributed by atoms with van der Waals surface area (Å²) in [6, 6.07) is 6.48. The van der Waals surface area contributed by atoms with E-state index in [0.29, 0.717) is 24.6 Å². The third kappa shape index (κ3) is 4.53. The van der Waals surface area contributed by atoms with Gasteiger partial charge in [-0.3, -0.25) is 0 Å². The molecule has 0 atom stereocenters. The highest BCUT2D eigenvalue weighted by Gasteiger charge is 2.38. The van der Waals surface area contributed by atoms with Gasteiger partial charge in [-0.15, -0.1) is 0 Å². The van der Waals surface area contributed by atoms with Crippen LogP contribution in [0.1, 0.15) is 31.2 Å². The highest BCUT2D eigenvalue weighted by atomic mass is 19.4. The molecule has 26 heavy (non-hydrogen) atoms. The van der Waals surface area contributed by atoms with Crippen molar-refractivity contribution in [1.82, 2.24) is 20.4 Å². The standard InChI is InChI=1S/C17H19F3N4O2/c1-2-24(10-12-3-4-12)16(25)21-9-11-5-7-13(8-6-11)14-22-15(26-23-14)17(18,19)20/h5-8,12H,2-4,9-10H2,1H3,(H,21,25). The summed E-state index contributed by atoms with van der Waals surface area (Å²) in [5.74, 6) is -0.884. The van der Waals surface area contributed by atoms with Crippen molar-refractivity contribution in [3.8, 4) is 11.4 Å². The molecule has 1 fully saturated rings. The Kier molecular flexibility index (Phi) is 5.15. The monoisotopic (exact) mass is 368 g/mol.